The molecule has 6 aromatic heterocycles. The van der Waals surface area contributed by atoms with E-state index in [0.717, 1.165) is 0 Å². The van der Waals surface area contributed by atoms with E-state index >= 15 is 0 Å². The van der Waals surface area contributed by atoms with E-state index in [1.807, 2.05) is 0 Å². The number of H-pyrrole nitrogens is 3. The summed E-state index contributed by atoms with van der Waals surface area (Å²) in [5, 5.41) is 11.8. The van der Waals surface area contributed by atoms with Gasteiger partial charge in [0, 0.05) is 85.4 Å². The van der Waals surface area contributed by atoms with Crippen LogP contribution in [0, 0.1) is 17.8 Å². The Bertz CT molecular complexity index is 2930. The average Bonchev–Trinajstić information content (AvgIpc) is 4.05. The highest BCUT2D eigenvalue weighted by Gasteiger charge is 2.22. The lowest BCUT2D eigenvalue weighted by atomic mass is 10.1. The molecule has 30 nitrogen and oxygen atoms in total. The first kappa shape index (κ1) is 57.2. The summed E-state index contributed by atoms with van der Waals surface area (Å²) >= 11 is 0. The number of hydrogen-bond donors (Lipinski definition) is 8. The van der Waals surface area contributed by atoms with Crippen LogP contribution >= 0.6 is 9.39 Å². The molecular weight excluding hydrogens is 972 g/mol. The molecule has 11 N–H and O–H groups in total. The monoisotopic (exact) mass is 1030 g/mol. The van der Waals surface area contributed by atoms with Gasteiger partial charge in [-0.05, 0) is 19.8 Å². The largest absolute Gasteiger partial charge is 0.466 e. The number of carbonyl (C=O) groups is 4. The van der Waals surface area contributed by atoms with E-state index in [0.29, 0.717) is 55.8 Å². The molecule has 0 amide bonds. The van der Waals surface area contributed by atoms with Crippen LogP contribution in [0.15, 0.2) is 33.4 Å². The molecule has 1 unspecified atom stereocenters. The van der Waals surface area contributed by atoms with Crippen molar-refractivity contribution in [2.45, 2.75) is 78.9 Å². The van der Waals surface area contributed by atoms with E-state index in [1.54, 1.807) is 20.6 Å². The van der Waals surface area contributed by atoms with Crippen LogP contribution in [0.5, 0.6) is 0 Å². The number of fused-ring (bicyclic) bond motifs is 3. The molecule has 6 rings (SSSR count). The Morgan fingerprint density at radius 3 is 1.35 bits per heavy atom. The van der Waals surface area contributed by atoms with Crippen LogP contribution < -0.4 is 39.0 Å². The number of rotatable bonds is 23. The molecule has 0 saturated heterocycles. The Balaban J connectivity index is 0.000000236. The Kier molecular flexibility index (Phi) is 22.1. The molecule has 0 bridgehead atoms. The molecule has 6 aromatic rings. The van der Waals surface area contributed by atoms with Gasteiger partial charge in [0.15, 0.2) is 39.8 Å². The summed E-state index contributed by atoms with van der Waals surface area (Å²) in [6.07, 6.45) is 5.39. The molecule has 0 aliphatic heterocycles. The molecule has 0 aliphatic carbocycles. The number of aliphatic hydroxyl groups excluding tert-OH is 1. The summed E-state index contributed by atoms with van der Waals surface area (Å²) in [7, 11) is 5.32. The van der Waals surface area contributed by atoms with Gasteiger partial charge in [0.25, 0.3) is 16.7 Å². The number of imidazole rings is 3. The number of aliphatic hydroxyl groups is 1. The van der Waals surface area contributed by atoms with Crippen LogP contribution in [-0.4, -0.2) is 147 Å². The number of methoxy groups -OCH3 is 2. The van der Waals surface area contributed by atoms with Crippen molar-refractivity contribution in [1.82, 2.24) is 63.6 Å². The lowest BCUT2D eigenvalue weighted by molar-refractivity contribution is -0.147. The topological polar surface area (TPSA) is 425 Å². The third-order valence-corrected chi connectivity index (χ3v) is 10.9. The number of aromatic nitrogens is 12. The smallest absolute Gasteiger partial charge is 0.323 e. The van der Waals surface area contributed by atoms with E-state index in [-0.39, 0.29) is 103 Å². The zero-order valence-electron chi connectivity index (χ0n) is 40.5. The molecule has 72 heavy (non-hydrogen) atoms. The summed E-state index contributed by atoms with van der Waals surface area (Å²) in [6.45, 7) is 7.43. The standard InChI is InChI=1S/C15H23N6O5P.C14H21N5O5.C12H17N5O4/c1-8(20-27)14(24)25-4-3-10(6-26-9(2)22)5-21-7-17-11-12(21)18-15(16)19-13(11)23;1-8(20)24-6-9(4-10(22-2)23-3)5-19-7-16-11-12(19)17-14(15)18-13(11)21;1-7(19)21-5-8(2-3-18)4-17-6-14-9-10(17)15-12(13)16-11(9)20/h7-8,10,20H,3-6,27H2,1-2H3,(H3,16,18,19,23);7,9-10H,4-6H2,1-3H3,(H3,15,17,18,21);6,8,18H,2-5H2,1H3,(H3,13,15,16,20)/t8-,10+;9-;8-/m011/s1. The van der Waals surface area contributed by atoms with Crippen LogP contribution in [0.25, 0.3) is 33.5 Å². The van der Waals surface area contributed by atoms with Crippen LogP contribution in [0.4, 0.5) is 17.8 Å². The maximum absolute atomic E-state index is 11.9. The highest BCUT2D eigenvalue weighted by atomic mass is 31.0. The third kappa shape index (κ3) is 17.2. The Labute approximate surface area is 411 Å². The summed E-state index contributed by atoms with van der Waals surface area (Å²) in [6, 6.07) is -0.446. The number of nitrogens with two attached hydrogens (primary N) is 3. The molecule has 5 atom stereocenters. The van der Waals surface area contributed by atoms with Crippen molar-refractivity contribution in [1.29, 1.82) is 0 Å². The minimum atomic E-state index is -0.446. The van der Waals surface area contributed by atoms with Gasteiger partial charge in [-0.1, -0.05) is 9.39 Å². The van der Waals surface area contributed by atoms with Crippen molar-refractivity contribution in [2.75, 3.05) is 64.5 Å². The van der Waals surface area contributed by atoms with Gasteiger partial charge in [-0.25, -0.2) is 15.0 Å². The average molecular weight is 1030 g/mol. The van der Waals surface area contributed by atoms with Crippen molar-refractivity contribution >= 4 is 84.6 Å². The summed E-state index contributed by atoms with van der Waals surface area (Å²) in [5.74, 6) is -1.97. The lowest BCUT2D eigenvalue weighted by Gasteiger charge is -2.22. The number of carbonyl (C=O) groups excluding carboxylic acids is 4. The molecule has 394 valence electrons. The molecule has 0 aromatic carbocycles. The number of nitrogens with one attached hydrogen (secondary N) is 4. The molecule has 0 radical (unpaired) electrons. The first-order chi connectivity index (χ1) is 34.3. The van der Waals surface area contributed by atoms with Crippen molar-refractivity contribution in [3.05, 3.63) is 50.0 Å². The van der Waals surface area contributed by atoms with Crippen LogP contribution in [-0.2, 0) is 67.2 Å². The second kappa shape index (κ2) is 27.8. The second-order valence-corrected chi connectivity index (χ2v) is 16.4. The van der Waals surface area contributed by atoms with Gasteiger partial charge < -0.3 is 64.4 Å². The maximum Gasteiger partial charge on any atom is 0.323 e. The van der Waals surface area contributed by atoms with Gasteiger partial charge >= 0.3 is 23.9 Å². The second-order valence-electron chi connectivity index (χ2n) is 16.1. The molecule has 0 aliphatic rings. The molecule has 0 spiro atoms. The number of hydrogen-bond acceptors (Lipinski definition) is 24. The number of nitrogens with zero attached hydrogens (tertiary/aromatic N) is 9. The van der Waals surface area contributed by atoms with Crippen molar-refractivity contribution in [2.24, 2.45) is 17.8 Å². The third-order valence-electron chi connectivity index (χ3n) is 10.4. The fraction of sp³-hybridized carbons (Fsp3) is 0.537. The maximum atomic E-state index is 11.9. The molecular formula is C41H61N16O14P. The highest BCUT2D eigenvalue weighted by Crippen LogP contribution is 2.18. The number of nitrogen functional groups attached to an aromatic ring is 3. The minimum Gasteiger partial charge on any atom is -0.466 e. The molecule has 6 heterocycles. The predicted octanol–water partition coefficient (Wildman–Crippen LogP) is -1.26. The van der Waals surface area contributed by atoms with Crippen molar-refractivity contribution in [3.63, 3.8) is 0 Å². The highest BCUT2D eigenvalue weighted by molar-refractivity contribution is 7.13. The molecule has 0 saturated carbocycles. The fourth-order valence-corrected chi connectivity index (χ4v) is 6.90. The van der Waals surface area contributed by atoms with Gasteiger partial charge in [0.1, 0.15) is 6.04 Å². The van der Waals surface area contributed by atoms with E-state index in [4.69, 9.17) is 50.7 Å². The van der Waals surface area contributed by atoms with Gasteiger partial charge in [-0.3, -0.25) is 53.6 Å². The van der Waals surface area contributed by atoms with Gasteiger partial charge in [-0.2, -0.15) is 15.0 Å². The summed E-state index contributed by atoms with van der Waals surface area (Å²) < 4.78 is 35.8. The minimum absolute atomic E-state index is 0.00736. The zero-order chi connectivity index (χ0) is 53.1. The van der Waals surface area contributed by atoms with Crippen LogP contribution in [0.3, 0.4) is 0 Å². The number of esters is 4. The SMILES string of the molecule is CC(=O)OC[C@H](CCO)Cn1cnc2c(=O)[nH]c(N)nc21.CC(=O)OC[C@H](CCOC(=O)[C@H](C)NP)Cn1cnc2c(=O)[nH]c(N)nc21.COC(C[C@@H](COC(C)=O)Cn1cnc2c(=O)[nH]c(N)nc21)OC. The normalized spacial score (nSPS) is 12.8. The molecule has 31 heteroatoms. The Morgan fingerprint density at radius 1 is 0.639 bits per heavy atom. The molecule has 0 fully saturated rings. The first-order valence-electron chi connectivity index (χ1n) is 22.1. The number of aromatic amines is 3. The van der Waals surface area contributed by atoms with E-state index < -0.39 is 35.0 Å². The van der Waals surface area contributed by atoms with E-state index in [1.165, 1.54) is 54.0 Å². The predicted molar refractivity (Wildman–Crippen MR) is 260 cm³/mol. The van der Waals surface area contributed by atoms with E-state index in [9.17, 15) is 33.6 Å². The van der Waals surface area contributed by atoms with Gasteiger partial charge in [0.2, 0.25) is 17.8 Å². The van der Waals surface area contributed by atoms with Gasteiger partial charge in [-0.15, -0.1) is 0 Å². The summed E-state index contributed by atoms with van der Waals surface area (Å²) in [5.41, 5.74) is 17.1. The Hall–Kier alpha value is -7.40. The summed E-state index contributed by atoms with van der Waals surface area (Å²) in [4.78, 5) is 112. The van der Waals surface area contributed by atoms with Crippen molar-refractivity contribution < 1.29 is 52.7 Å². The quantitative estimate of drug-likeness (QED) is 0.0161. The van der Waals surface area contributed by atoms with Crippen molar-refractivity contribution in [3.8, 4) is 0 Å². The lowest BCUT2D eigenvalue weighted by Crippen LogP contribution is -2.30. The fourth-order valence-electron chi connectivity index (χ4n) is 6.77. The van der Waals surface area contributed by atoms with Crippen LogP contribution in [0.2, 0.25) is 0 Å². The van der Waals surface area contributed by atoms with E-state index in [2.05, 4.69) is 59.3 Å². The zero-order valence-corrected chi connectivity index (χ0v) is 41.6. The first-order valence-corrected chi connectivity index (χ1v) is 22.7. The van der Waals surface area contributed by atoms with Crippen LogP contribution in [0.1, 0.15) is 47.0 Å². The number of anilines is 3. The van der Waals surface area contributed by atoms with Gasteiger partial charge in [0.05, 0.1) is 45.4 Å². The Morgan fingerprint density at radius 2 is 1.00 bits per heavy atom. The number of ether oxygens (including phenoxy) is 6.